The molecule has 0 N–H and O–H groups in total. The lowest BCUT2D eigenvalue weighted by Crippen LogP contribution is -2.52. The summed E-state index contributed by atoms with van der Waals surface area (Å²) in [7, 11) is 0. The molecule has 6 nitrogen and oxygen atoms in total. The van der Waals surface area contributed by atoms with Crippen LogP contribution in [0.4, 0.5) is 11.4 Å². The molecule has 0 saturated carbocycles. The number of imide groups is 1. The Morgan fingerprint density at radius 3 is 2.27 bits per heavy atom. The Bertz CT molecular complexity index is 1000. The predicted molar refractivity (Wildman–Crippen MR) is 118 cm³/mol. The maximum atomic E-state index is 13.0. The molecule has 156 valence electrons. The molecule has 0 radical (unpaired) electrons. The Hall–Kier alpha value is -2.41. The van der Waals surface area contributed by atoms with E-state index in [9.17, 15) is 14.4 Å². The van der Waals surface area contributed by atoms with Crippen LogP contribution in [0.15, 0.2) is 42.5 Å². The number of carbonyl (C=O) groups excluding carboxylic acids is 3. The Labute approximate surface area is 184 Å². The number of nitrogens with zero attached hydrogens (tertiary/aromatic N) is 3. The van der Waals surface area contributed by atoms with E-state index >= 15 is 0 Å². The van der Waals surface area contributed by atoms with Crippen LogP contribution < -0.4 is 9.80 Å². The van der Waals surface area contributed by atoms with E-state index < -0.39 is 6.04 Å². The van der Waals surface area contributed by atoms with Gasteiger partial charge in [0.25, 0.3) is 5.91 Å². The van der Waals surface area contributed by atoms with Gasteiger partial charge in [0.15, 0.2) is 5.78 Å². The quantitative estimate of drug-likeness (QED) is 0.530. The van der Waals surface area contributed by atoms with Crippen LogP contribution in [0.5, 0.6) is 0 Å². The molecule has 2 aromatic carbocycles. The molecule has 2 amide bonds. The average Bonchev–Trinajstić information content (AvgIpc) is 3.04. The molecule has 30 heavy (non-hydrogen) atoms. The summed E-state index contributed by atoms with van der Waals surface area (Å²) < 4.78 is 0. The fraction of sp³-hybridized carbons (Fsp3) is 0.318. The number of Topliss-reactive ketones (excluding diaryl/α,β-unsaturated/α-hetero) is 1. The first kappa shape index (κ1) is 20.8. The number of ketones is 1. The van der Waals surface area contributed by atoms with Crippen molar-refractivity contribution in [2.24, 2.45) is 0 Å². The maximum Gasteiger partial charge on any atom is 0.251 e. The molecule has 0 aromatic heterocycles. The summed E-state index contributed by atoms with van der Waals surface area (Å²) >= 11 is 12.2. The molecule has 0 aliphatic carbocycles. The van der Waals surface area contributed by atoms with Gasteiger partial charge in [0.1, 0.15) is 0 Å². The van der Waals surface area contributed by atoms with Crippen LogP contribution in [0.25, 0.3) is 0 Å². The number of hydrogen-bond donors (Lipinski definition) is 0. The molecule has 2 aliphatic rings. The van der Waals surface area contributed by atoms with Crippen LogP contribution in [-0.4, -0.2) is 54.7 Å². The predicted octanol–water partition coefficient (Wildman–Crippen LogP) is 3.65. The fourth-order valence-electron chi connectivity index (χ4n) is 4.01. The molecule has 0 bridgehead atoms. The lowest BCUT2D eigenvalue weighted by atomic mass is 10.1. The summed E-state index contributed by atoms with van der Waals surface area (Å²) in [5, 5.41) is 0.739. The Morgan fingerprint density at radius 2 is 1.63 bits per heavy atom. The molecule has 0 spiro atoms. The first-order valence-electron chi connectivity index (χ1n) is 9.77. The molecule has 1 atom stereocenters. The van der Waals surface area contributed by atoms with Crippen molar-refractivity contribution in [3.63, 3.8) is 0 Å². The number of anilines is 2. The maximum absolute atomic E-state index is 13.0. The third kappa shape index (κ3) is 3.95. The van der Waals surface area contributed by atoms with Crippen LogP contribution in [0.2, 0.25) is 10.0 Å². The average molecular weight is 446 g/mol. The van der Waals surface area contributed by atoms with Crippen molar-refractivity contribution in [2.75, 3.05) is 36.0 Å². The number of piperazine rings is 1. The van der Waals surface area contributed by atoms with Gasteiger partial charge < -0.3 is 4.90 Å². The zero-order valence-electron chi connectivity index (χ0n) is 16.5. The second-order valence-electron chi connectivity index (χ2n) is 7.51. The standard InChI is InChI=1S/C22H21Cl2N3O3/c1-14(28)15-2-5-17(6-3-15)25-8-10-26(11-9-25)20-13-21(29)27(22(20)30)19-12-16(23)4-7-18(19)24/h2-7,12,20H,8-11,13H2,1H3/t20-/m1/s1. The second kappa shape index (κ2) is 8.38. The Morgan fingerprint density at radius 1 is 0.967 bits per heavy atom. The van der Waals surface area contributed by atoms with Gasteiger partial charge in [-0.2, -0.15) is 0 Å². The summed E-state index contributed by atoms with van der Waals surface area (Å²) in [6, 6.07) is 11.8. The minimum absolute atomic E-state index is 0.0418. The van der Waals surface area contributed by atoms with Gasteiger partial charge >= 0.3 is 0 Å². The lowest BCUT2D eigenvalue weighted by molar-refractivity contribution is -0.123. The van der Waals surface area contributed by atoms with Crippen LogP contribution in [0, 0.1) is 0 Å². The number of hydrogen-bond acceptors (Lipinski definition) is 5. The monoisotopic (exact) mass is 445 g/mol. The van der Waals surface area contributed by atoms with E-state index in [1.54, 1.807) is 25.1 Å². The van der Waals surface area contributed by atoms with Gasteiger partial charge in [-0.3, -0.25) is 19.3 Å². The highest BCUT2D eigenvalue weighted by atomic mass is 35.5. The molecular weight excluding hydrogens is 425 g/mol. The number of benzene rings is 2. The van der Waals surface area contributed by atoms with Crippen molar-refractivity contribution in [3.8, 4) is 0 Å². The van der Waals surface area contributed by atoms with E-state index in [1.807, 2.05) is 24.3 Å². The molecule has 2 aromatic rings. The van der Waals surface area contributed by atoms with Crippen LogP contribution in [-0.2, 0) is 9.59 Å². The van der Waals surface area contributed by atoms with Crippen molar-refractivity contribution in [2.45, 2.75) is 19.4 Å². The van der Waals surface area contributed by atoms with Crippen molar-refractivity contribution >= 4 is 52.2 Å². The van der Waals surface area contributed by atoms with Gasteiger partial charge in [-0.25, -0.2) is 4.90 Å². The summed E-state index contributed by atoms with van der Waals surface area (Å²) in [4.78, 5) is 42.5. The van der Waals surface area contributed by atoms with E-state index in [0.717, 1.165) is 23.7 Å². The third-order valence-corrected chi connectivity index (χ3v) is 6.22. The number of rotatable bonds is 4. The zero-order valence-corrected chi connectivity index (χ0v) is 18.0. The molecule has 2 fully saturated rings. The third-order valence-electron chi connectivity index (χ3n) is 5.67. The van der Waals surface area contributed by atoms with Gasteiger partial charge in [0.05, 0.1) is 23.2 Å². The molecule has 2 aliphatic heterocycles. The number of amides is 2. The first-order valence-corrected chi connectivity index (χ1v) is 10.5. The zero-order chi connectivity index (χ0) is 21.4. The topological polar surface area (TPSA) is 60.9 Å². The second-order valence-corrected chi connectivity index (χ2v) is 8.35. The van der Waals surface area contributed by atoms with Crippen molar-refractivity contribution in [1.29, 1.82) is 0 Å². The van der Waals surface area contributed by atoms with Crippen LogP contribution in [0.1, 0.15) is 23.7 Å². The van der Waals surface area contributed by atoms with Gasteiger partial charge in [-0.15, -0.1) is 0 Å². The van der Waals surface area contributed by atoms with E-state index in [0.29, 0.717) is 34.4 Å². The summed E-state index contributed by atoms with van der Waals surface area (Å²) in [6.45, 7) is 4.34. The van der Waals surface area contributed by atoms with E-state index in [-0.39, 0.29) is 24.0 Å². The van der Waals surface area contributed by atoms with E-state index in [2.05, 4.69) is 9.80 Å². The minimum Gasteiger partial charge on any atom is -0.369 e. The summed E-state index contributed by atoms with van der Waals surface area (Å²) in [6.07, 6.45) is 0.134. The Balaban J connectivity index is 1.44. The van der Waals surface area contributed by atoms with E-state index in [4.69, 9.17) is 23.2 Å². The smallest absolute Gasteiger partial charge is 0.251 e. The minimum atomic E-state index is -0.491. The van der Waals surface area contributed by atoms with Crippen molar-refractivity contribution in [1.82, 2.24) is 4.90 Å². The normalized spacial score (nSPS) is 20.2. The largest absolute Gasteiger partial charge is 0.369 e. The highest BCUT2D eigenvalue weighted by Gasteiger charge is 2.44. The van der Waals surface area contributed by atoms with Gasteiger partial charge in [-0.05, 0) is 49.4 Å². The molecule has 4 rings (SSSR count). The summed E-state index contributed by atoms with van der Waals surface area (Å²) in [5.41, 5.74) is 2.07. The Kier molecular flexibility index (Phi) is 5.82. The molecule has 0 unspecified atom stereocenters. The highest BCUT2D eigenvalue weighted by molar-refractivity contribution is 6.37. The number of halogens is 2. The van der Waals surface area contributed by atoms with Crippen molar-refractivity contribution in [3.05, 3.63) is 58.1 Å². The molecular formula is C22H21Cl2N3O3. The van der Waals surface area contributed by atoms with Crippen LogP contribution in [0.3, 0.4) is 0 Å². The van der Waals surface area contributed by atoms with Crippen molar-refractivity contribution < 1.29 is 14.4 Å². The summed E-state index contributed by atoms with van der Waals surface area (Å²) in [5.74, 6) is -0.486. The first-order chi connectivity index (χ1) is 14.3. The van der Waals surface area contributed by atoms with E-state index in [1.165, 1.54) is 0 Å². The lowest BCUT2D eigenvalue weighted by Gasteiger charge is -2.38. The van der Waals surface area contributed by atoms with Gasteiger partial charge in [0, 0.05) is 42.5 Å². The SMILES string of the molecule is CC(=O)c1ccc(N2CCN([C@@H]3CC(=O)N(c4cc(Cl)ccc4Cl)C3=O)CC2)cc1. The highest BCUT2D eigenvalue weighted by Crippen LogP contribution is 2.34. The van der Waals surface area contributed by atoms with Gasteiger partial charge in [0.2, 0.25) is 5.91 Å². The molecule has 8 heteroatoms. The van der Waals surface area contributed by atoms with Gasteiger partial charge in [-0.1, -0.05) is 23.2 Å². The molecule has 2 heterocycles. The fourth-order valence-corrected chi connectivity index (χ4v) is 4.38. The van der Waals surface area contributed by atoms with Crippen LogP contribution >= 0.6 is 23.2 Å². The number of carbonyl (C=O) groups is 3. The molecule has 2 saturated heterocycles.